The van der Waals surface area contributed by atoms with Crippen LogP contribution in [0.3, 0.4) is 0 Å². The molecule has 0 saturated carbocycles. The molecule has 1 aromatic heterocycles. The van der Waals surface area contributed by atoms with E-state index in [0.717, 1.165) is 11.3 Å². The highest BCUT2D eigenvalue weighted by molar-refractivity contribution is 5.89. The van der Waals surface area contributed by atoms with Gasteiger partial charge in [0.25, 0.3) is 5.89 Å². The Morgan fingerprint density at radius 3 is 3.00 bits per heavy atom. The zero-order valence-electron chi connectivity index (χ0n) is 10.3. The van der Waals surface area contributed by atoms with Crippen LogP contribution in [0.15, 0.2) is 28.8 Å². The summed E-state index contributed by atoms with van der Waals surface area (Å²) in [6.45, 7) is 2.35. The van der Waals surface area contributed by atoms with Gasteiger partial charge in [-0.05, 0) is 24.6 Å². The molecule has 3 rings (SSSR count). The molecule has 2 aromatic rings. The van der Waals surface area contributed by atoms with Crippen molar-refractivity contribution < 1.29 is 18.7 Å². The Balaban J connectivity index is 1.64. The van der Waals surface area contributed by atoms with Crippen LogP contribution in [0.4, 0.5) is 0 Å². The van der Waals surface area contributed by atoms with E-state index in [4.69, 9.17) is 13.9 Å². The molecule has 0 unspecified atom stereocenters. The number of carbonyl (C=O) groups excluding carboxylic acids is 1. The van der Waals surface area contributed by atoms with Crippen molar-refractivity contribution in [3.05, 3.63) is 41.6 Å². The first-order valence-corrected chi connectivity index (χ1v) is 5.81. The minimum absolute atomic E-state index is 0.0678. The Labute approximate surface area is 109 Å². The van der Waals surface area contributed by atoms with Crippen LogP contribution in [0, 0.1) is 6.92 Å². The maximum Gasteiger partial charge on any atom is 0.307 e. The molecular formula is C13H12N2O4. The van der Waals surface area contributed by atoms with Crippen LogP contribution >= 0.6 is 0 Å². The number of nitrogens with zero attached hydrogens (tertiary/aromatic N) is 1. The number of ether oxygens (including phenoxy) is 2. The molecule has 0 aliphatic carbocycles. The number of aromatic nitrogens is 1. The summed E-state index contributed by atoms with van der Waals surface area (Å²) in [7, 11) is 0. The predicted molar refractivity (Wildman–Crippen MR) is 65.0 cm³/mol. The molecule has 0 fully saturated rings. The number of fused-ring (bicyclic) bond motifs is 1. The van der Waals surface area contributed by atoms with E-state index in [1.165, 1.54) is 6.20 Å². The summed E-state index contributed by atoms with van der Waals surface area (Å²) in [6, 6.07) is 5.52. The molecule has 98 valence electrons. The van der Waals surface area contributed by atoms with Gasteiger partial charge >= 0.3 is 5.91 Å². The lowest BCUT2D eigenvalue weighted by Crippen LogP contribution is -2.23. The minimum Gasteiger partial charge on any atom is -0.454 e. The molecule has 0 atom stereocenters. The van der Waals surface area contributed by atoms with E-state index in [1.807, 2.05) is 18.2 Å². The van der Waals surface area contributed by atoms with E-state index in [2.05, 4.69) is 10.3 Å². The van der Waals surface area contributed by atoms with Gasteiger partial charge in [0.2, 0.25) is 6.79 Å². The molecule has 0 bridgehead atoms. The molecular weight excluding hydrogens is 248 g/mol. The Morgan fingerprint density at radius 1 is 1.37 bits per heavy atom. The van der Waals surface area contributed by atoms with Crippen molar-refractivity contribution in [3.8, 4) is 11.5 Å². The van der Waals surface area contributed by atoms with Crippen LogP contribution in [0.2, 0.25) is 0 Å². The first-order valence-electron chi connectivity index (χ1n) is 5.81. The Kier molecular flexibility index (Phi) is 2.83. The van der Waals surface area contributed by atoms with Gasteiger partial charge in [-0.3, -0.25) is 4.79 Å². The molecule has 0 saturated heterocycles. The van der Waals surface area contributed by atoms with E-state index >= 15 is 0 Å². The Hall–Kier alpha value is -2.50. The lowest BCUT2D eigenvalue weighted by atomic mass is 10.2. The molecule has 1 aliphatic heterocycles. The van der Waals surface area contributed by atoms with Crippen molar-refractivity contribution in [2.75, 3.05) is 6.79 Å². The van der Waals surface area contributed by atoms with Gasteiger partial charge in [0.05, 0.1) is 6.20 Å². The molecule has 0 spiro atoms. The summed E-state index contributed by atoms with van der Waals surface area (Å²) in [6.07, 6.45) is 1.51. The van der Waals surface area contributed by atoms with Gasteiger partial charge in [0.1, 0.15) is 5.76 Å². The topological polar surface area (TPSA) is 73.6 Å². The molecule has 19 heavy (non-hydrogen) atoms. The number of aryl methyl sites for hydroxylation is 1. The smallest absolute Gasteiger partial charge is 0.307 e. The van der Waals surface area contributed by atoms with Crippen molar-refractivity contribution in [3.63, 3.8) is 0 Å². The summed E-state index contributed by atoms with van der Waals surface area (Å²) in [5, 5.41) is 2.73. The van der Waals surface area contributed by atoms with Crippen LogP contribution in [0.5, 0.6) is 11.5 Å². The monoisotopic (exact) mass is 260 g/mol. The van der Waals surface area contributed by atoms with Gasteiger partial charge in [-0.1, -0.05) is 6.07 Å². The second kappa shape index (κ2) is 4.64. The SMILES string of the molecule is Cc1cnc(C(=O)NCc2ccc3c(c2)OCO3)o1. The average molecular weight is 260 g/mol. The van der Waals surface area contributed by atoms with Crippen molar-refractivity contribution >= 4 is 5.91 Å². The van der Waals surface area contributed by atoms with E-state index in [1.54, 1.807) is 6.92 Å². The van der Waals surface area contributed by atoms with Gasteiger partial charge in [0, 0.05) is 6.54 Å². The predicted octanol–water partition coefficient (Wildman–Crippen LogP) is 1.64. The summed E-state index contributed by atoms with van der Waals surface area (Å²) >= 11 is 0. The van der Waals surface area contributed by atoms with Gasteiger partial charge in [0.15, 0.2) is 11.5 Å². The van der Waals surface area contributed by atoms with Crippen LogP contribution in [-0.2, 0) is 6.54 Å². The molecule has 1 aliphatic rings. The minimum atomic E-state index is -0.342. The third-order valence-electron chi connectivity index (χ3n) is 2.71. The largest absolute Gasteiger partial charge is 0.454 e. The number of amides is 1. The maximum atomic E-state index is 11.7. The normalized spacial score (nSPS) is 12.5. The Bertz CT molecular complexity index is 621. The van der Waals surface area contributed by atoms with Crippen molar-refractivity contribution in [1.29, 1.82) is 0 Å². The third kappa shape index (κ3) is 2.37. The summed E-state index contributed by atoms with van der Waals surface area (Å²) in [4.78, 5) is 15.6. The summed E-state index contributed by atoms with van der Waals surface area (Å²) in [5.74, 6) is 1.74. The zero-order valence-corrected chi connectivity index (χ0v) is 10.3. The number of nitrogens with one attached hydrogen (secondary N) is 1. The Morgan fingerprint density at radius 2 is 2.21 bits per heavy atom. The quantitative estimate of drug-likeness (QED) is 0.908. The second-order valence-electron chi connectivity index (χ2n) is 4.15. The fourth-order valence-electron chi connectivity index (χ4n) is 1.77. The van der Waals surface area contributed by atoms with E-state index in [-0.39, 0.29) is 18.6 Å². The number of hydrogen-bond donors (Lipinski definition) is 1. The highest BCUT2D eigenvalue weighted by Crippen LogP contribution is 2.32. The molecule has 6 heteroatoms. The molecule has 1 N–H and O–H groups in total. The maximum absolute atomic E-state index is 11.7. The lowest BCUT2D eigenvalue weighted by Gasteiger charge is -2.04. The average Bonchev–Trinajstić information content (AvgIpc) is 3.03. The lowest BCUT2D eigenvalue weighted by molar-refractivity contribution is 0.0915. The van der Waals surface area contributed by atoms with Crippen LogP contribution < -0.4 is 14.8 Å². The van der Waals surface area contributed by atoms with Crippen molar-refractivity contribution in [2.45, 2.75) is 13.5 Å². The molecule has 6 nitrogen and oxygen atoms in total. The van der Waals surface area contributed by atoms with Crippen molar-refractivity contribution in [2.24, 2.45) is 0 Å². The second-order valence-corrected chi connectivity index (χ2v) is 4.15. The fraction of sp³-hybridized carbons (Fsp3) is 0.231. The van der Waals surface area contributed by atoms with Gasteiger partial charge in [-0.15, -0.1) is 0 Å². The standard InChI is InChI=1S/C13H12N2O4/c1-8-5-15-13(19-8)12(16)14-6-9-2-3-10-11(4-9)18-7-17-10/h2-5H,6-7H2,1H3,(H,14,16). The number of oxazole rings is 1. The first kappa shape index (κ1) is 11.6. The first-order chi connectivity index (χ1) is 9.22. The summed E-state index contributed by atoms with van der Waals surface area (Å²) < 4.78 is 15.6. The highest BCUT2D eigenvalue weighted by atomic mass is 16.7. The number of hydrogen-bond acceptors (Lipinski definition) is 5. The van der Waals surface area contributed by atoms with Crippen molar-refractivity contribution in [1.82, 2.24) is 10.3 Å². The van der Waals surface area contributed by atoms with E-state index in [9.17, 15) is 4.79 Å². The molecule has 2 heterocycles. The number of carbonyl (C=O) groups is 1. The number of rotatable bonds is 3. The van der Waals surface area contributed by atoms with Gasteiger partial charge in [-0.25, -0.2) is 4.98 Å². The van der Waals surface area contributed by atoms with E-state index in [0.29, 0.717) is 18.1 Å². The third-order valence-corrected chi connectivity index (χ3v) is 2.71. The van der Waals surface area contributed by atoms with Crippen LogP contribution in [0.25, 0.3) is 0 Å². The zero-order chi connectivity index (χ0) is 13.2. The summed E-state index contributed by atoms with van der Waals surface area (Å²) in [5.41, 5.74) is 0.917. The van der Waals surface area contributed by atoms with Crippen LogP contribution in [-0.4, -0.2) is 17.7 Å². The highest BCUT2D eigenvalue weighted by Gasteiger charge is 2.15. The van der Waals surface area contributed by atoms with Gasteiger partial charge in [-0.2, -0.15) is 0 Å². The van der Waals surface area contributed by atoms with Crippen LogP contribution in [0.1, 0.15) is 22.0 Å². The van der Waals surface area contributed by atoms with Gasteiger partial charge < -0.3 is 19.2 Å². The fourth-order valence-corrected chi connectivity index (χ4v) is 1.77. The number of benzene rings is 1. The molecule has 0 radical (unpaired) electrons. The molecule has 1 amide bonds. The molecule has 1 aromatic carbocycles. The van der Waals surface area contributed by atoms with E-state index < -0.39 is 0 Å².